The zero-order valence-electron chi connectivity index (χ0n) is 34.1. The van der Waals surface area contributed by atoms with Gasteiger partial charge in [0.05, 0.1) is 6.04 Å². The molecule has 1 saturated carbocycles. The van der Waals surface area contributed by atoms with Crippen LogP contribution in [0.25, 0.3) is 33.7 Å². The van der Waals surface area contributed by atoms with Crippen LogP contribution in [0.3, 0.4) is 0 Å². The minimum absolute atomic E-state index is 0.0359. The molecule has 3 aromatic carbocycles. The summed E-state index contributed by atoms with van der Waals surface area (Å²) < 4.78 is 2.63. The highest BCUT2D eigenvalue weighted by Crippen LogP contribution is 2.66. The monoisotopic (exact) mass is 756 g/mol. The maximum atomic E-state index is 9.04. The summed E-state index contributed by atoms with van der Waals surface area (Å²) in [6.07, 6.45) is 33.7. The van der Waals surface area contributed by atoms with E-state index in [1.807, 2.05) is 18.2 Å². The SMILES string of the molecule is C/C(=N\C(=N/C(=N)C1C=CC=CC1)c1ccc(-c2ccccc2)cc1)C1=CC=CC(n2c3c(c4ccccc42)=C2C4C(=CCCC4C(C)(C)[C@]4(C)C=CC=CC24)C=3)C1. The number of rotatable bonds is 5. The van der Waals surface area contributed by atoms with Gasteiger partial charge < -0.3 is 4.57 Å². The average Bonchev–Trinajstić information content (AvgIpc) is 3.59. The quantitative estimate of drug-likeness (QED) is 0.156. The van der Waals surface area contributed by atoms with Crippen molar-refractivity contribution in [3.8, 4) is 11.1 Å². The van der Waals surface area contributed by atoms with Crippen molar-refractivity contribution in [3.63, 3.8) is 0 Å². The molecule has 4 heteroatoms. The molecule has 0 aliphatic heterocycles. The molecule has 6 aliphatic carbocycles. The number of hydrogen-bond donors (Lipinski definition) is 1. The fraction of sp³-hybridized carbons (Fsp3) is 0.278. The number of fused-ring (bicyclic) bond motifs is 5. The Hall–Kier alpha value is -5.87. The van der Waals surface area contributed by atoms with Crippen LogP contribution in [0.15, 0.2) is 173 Å². The molecule has 6 atom stereocenters. The molecule has 4 aromatic rings. The van der Waals surface area contributed by atoms with Gasteiger partial charge in [-0.3, -0.25) is 5.41 Å². The van der Waals surface area contributed by atoms with E-state index < -0.39 is 0 Å². The van der Waals surface area contributed by atoms with Gasteiger partial charge in [-0.2, -0.15) is 0 Å². The van der Waals surface area contributed by atoms with Crippen molar-refractivity contribution >= 4 is 39.9 Å². The standard InChI is InChI=1S/C54H52N4/c1-35(56-52(57-51(55)38-19-9-6-10-20-38)39-30-28-37(29-31-39)36-17-7-5-8-18-36)40-21-15-23-42(33-40)58-46-27-12-11-24-43(46)49-47(58)34-41-22-16-26-44-48(41)50(49)45-25-13-14-32-54(45,4)53(44,2)3/h5-15,17-19,21-25,27-32,34,38,42,44-45,48,55H,16,20,26,33H2,1-4H3/b55-51?,56-35+,57-52-/t38?,42?,44?,45?,48?,54-/m1/s1. The second-order valence-electron chi connectivity index (χ2n) is 17.8. The molecule has 1 fully saturated rings. The summed E-state index contributed by atoms with van der Waals surface area (Å²) in [7, 11) is 0. The van der Waals surface area contributed by atoms with Crippen LogP contribution in [0.1, 0.15) is 65.0 Å². The van der Waals surface area contributed by atoms with Crippen LogP contribution in [0, 0.1) is 39.9 Å². The van der Waals surface area contributed by atoms with Crippen molar-refractivity contribution in [2.75, 3.05) is 0 Å². The van der Waals surface area contributed by atoms with E-state index in [0.29, 0.717) is 29.4 Å². The first-order valence-corrected chi connectivity index (χ1v) is 21.2. The molecule has 0 amide bonds. The number of allylic oxidation sites excluding steroid dienone is 13. The average molecular weight is 757 g/mol. The molecule has 58 heavy (non-hydrogen) atoms. The lowest BCUT2D eigenvalue weighted by Crippen LogP contribution is -2.57. The molecular formula is C54H52N4. The molecule has 288 valence electrons. The van der Waals surface area contributed by atoms with E-state index in [4.69, 9.17) is 15.4 Å². The zero-order chi connectivity index (χ0) is 39.6. The molecule has 10 rings (SSSR count). The predicted octanol–water partition coefficient (Wildman–Crippen LogP) is 11.4. The summed E-state index contributed by atoms with van der Waals surface area (Å²) in [6, 6.07) is 28.1. The Bertz CT molecular complexity index is 2750. The van der Waals surface area contributed by atoms with Crippen LogP contribution in [0.4, 0.5) is 0 Å². The zero-order valence-corrected chi connectivity index (χ0v) is 34.1. The number of amidine groups is 2. The number of para-hydroxylation sites is 1. The Labute approximate surface area is 342 Å². The molecule has 5 unspecified atom stereocenters. The maximum absolute atomic E-state index is 9.04. The van der Waals surface area contributed by atoms with E-state index in [0.717, 1.165) is 36.1 Å². The molecule has 4 nitrogen and oxygen atoms in total. The molecule has 0 bridgehead atoms. The van der Waals surface area contributed by atoms with Gasteiger partial charge in [-0.25, -0.2) is 9.98 Å². The van der Waals surface area contributed by atoms with Crippen molar-refractivity contribution in [1.82, 2.24) is 4.57 Å². The van der Waals surface area contributed by atoms with Gasteiger partial charge in [0.25, 0.3) is 0 Å². The normalized spacial score (nSPS) is 28.0. The van der Waals surface area contributed by atoms with Crippen LogP contribution in [-0.4, -0.2) is 22.0 Å². The lowest BCUT2D eigenvalue weighted by Gasteiger charge is -2.61. The van der Waals surface area contributed by atoms with E-state index in [1.54, 1.807) is 5.57 Å². The van der Waals surface area contributed by atoms with Crippen molar-refractivity contribution in [1.29, 1.82) is 5.41 Å². The van der Waals surface area contributed by atoms with E-state index in [9.17, 15) is 0 Å². The topological polar surface area (TPSA) is 53.5 Å². The third kappa shape index (κ3) is 5.82. The second kappa shape index (κ2) is 14.2. The van der Waals surface area contributed by atoms with Gasteiger partial charge in [0.1, 0.15) is 5.84 Å². The highest BCUT2D eigenvalue weighted by molar-refractivity contribution is 6.14. The Balaban J connectivity index is 1.06. The Morgan fingerprint density at radius 1 is 0.810 bits per heavy atom. The molecular weight excluding hydrogens is 705 g/mol. The molecule has 1 heterocycles. The minimum Gasteiger partial charge on any atom is -0.333 e. The maximum Gasteiger partial charge on any atom is 0.161 e. The van der Waals surface area contributed by atoms with Gasteiger partial charge in [0, 0.05) is 55.9 Å². The van der Waals surface area contributed by atoms with Crippen molar-refractivity contribution in [2.24, 2.45) is 44.5 Å². The number of benzene rings is 3. The summed E-state index contributed by atoms with van der Waals surface area (Å²) in [5, 5.41) is 13.2. The van der Waals surface area contributed by atoms with Gasteiger partial charge in [-0.1, -0.05) is 166 Å². The molecule has 0 spiro atoms. The Morgan fingerprint density at radius 3 is 2.40 bits per heavy atom. The number of aliphatic imine (C=N–C) groups is 2. The molecule has 0 saturated heterocycles. The van der Waals surface area contributed by atoms with E-state index >= 15 is 0 Å². The first kappa shape index (κ1) is 36.5. The lowest BCUT2D eigenvalue weighted by molar-refractivity contribution is -0.00320. The van der Waals surface area contributed by atoms with Crippen molar-refractivity contribution in [2.45, 2.75) is 59.4 Å². The van der Waals surface area contributed by atoms with Crippen LogP contribution in [0.5, 0.6) is 0 Å². The molecule has 0 radical (unpaired) electrons. The summed E-state index contributed by atoms with van der Waals surface area (Å²) in [6.45, 7) is 9.72. The smallest absolute Gasteiger partial charge is 0.161 e. The number of hydrogen-bond acceptors (Lipinski definition) is 1. The Kier molecular flexibility index (Phi) is 8.93. The summed E-state index contributed by atoms with van der Waals surface area (Å²) >= 11 is 0. The largest absolute Gasteiger partial charge is 0.333 e. The fourth-order valence-corrected chi connectivity index (χ4v) is 11.1. The molecule has 1 aromatic heterocycles. The number of aromatic nitrogens is 1. The first-order chi connectivity index (χ1) is 28.2. The molecule has 1 N–H and O–H groups in total. The number of nitrogens with one attached hydrogen (secondary N) is 1. The van der Waals surface area contributed by atoms with Gasteiger partial charge in [-0.15, -0.1) is 0 Å². The Morgan fingerprint density at radius 2 is 1.59 bits per heavy atom. The van der Waals surface area contributed by atoms with Crippen LogP contribution in [0.2, 0.25) is 0 Å². The summed E-state index contributed by atoms with van der Waals surface area (Å²) in [5.41, 5.74) is 9.96. The summed E-state index contributed by atoms with van der Waals surface area (Å²) in [5.74, 6) is 2.21. The third-order valence-electron chi connectivity index (χ3n) is 14.6. The second-order valence-corrected chi connectivity index (χ2v) is 17.8. The van der Waals surface area contributed by atoms with E-state index in [-0.39, 0.29) is 22.8 Å². The van der Waals surface area contributed by atoms with E-state index in [1.165, 1.54) is 44.6 Å². The summed E-state index contributed by atoms with van der Waals surface area (Å²) in [4.78, 5) is 10.2. The number of nitrogens with zero attached hydrogens (tertiary/aromatic N) is 3. The third-order valence-corrected chi connectivity index (χ3v) is 14.6. The minimum atomic E-state index is -0.0648. The highest BCUT2D eigenvalue weighted by Gasteiger charge is 2.59. The fourth-order valence-electron chi connectivity index (χ4n) is 11.1. The van der Waals surface area contributed by atoms with Crippen molar-refractivity contribution in [3.05, 3.63) is 179 Å². The molecule has 6 aliphatic rings. The lowest BCUT2D eigenvalue weighted by atomic mass is 9.42. The van der Waals surface area contributed by atoms with Gasteiger partial charge >= 0.3 is 0 Å². The van der Waals surface area contributed by atoms with Crippen LogP contribution < -0.4 is 10.6 Å². The van der Waals surface area contributed by atoms with Gasteiger partial charge in [0.15, 0.2) is 5.84 Å². The first-order valence-electron chi connectivity index (χ1n) is 21.2. The van der Waals surface area contributed by atoms with E-state index in [2.05, 4.69) is 172 Å². The van der Waals surface area contributed by atoms with Crippen LogP contribution in [-0.2, 0) is 0 Å². The predicted molar refractivity (Wildman–Crippen MR) is 244 cm³/mol. The van der Waals surface area contributed by atoms with Gasteiger partial charge in [-0.05, 0) is 83.9 Å². The van der Waals surface area contributed by atoms with Crippen LogP contribution >= 0.6 is 0 Å². The highest BCUT2D eigenvalue weighted by atomic mass is 15.0. The van der Waals surface area contributed by atoms with Gasteiger partial charge in [0.2, 0.25) is 0 Å². The van der Waals surface area contributed by atoms with Crippen molar-refractivity contribution < 1.29 is 0 Å².